The number of nitrogens with zero attached hydrogens (tertiary/aromatic N) is 1. The molecule has 0 saturated heterocycles. The molecular weight excluding hydrogens is 417 g/mol. The number of hydrogen-bond acceptors (Lipinski definition) is 5. The number of aromatic nitrogens is 1. The molecule has 3 heterocycles. The summed E-state index contributed by atoms with van der Waals surface area (Å²) >= 11 is 0. The zero-order valence-electron chi connectivity index (χ0n) is 15.7. The summed E-state index contributed by atoms with van der Waals surface area (Å²) in [5.41, 5.74) is 1.09. The molecular formula is C21H17Cl2NO5. The van der Waals surface area contributed by atoms with Crippen LogP contribution >= 0.6 is 12.4 Å². The maximum Gasteiger partial charge on any atom is 0.231 e. The van der Waals surface area contributed by atoms with Crippen LogP contribution in [-0.4, -0.2) is 20.7 Å². The number of halogens is 2. The first-order valence-corrected chi connectivity index (χ1v) is 8.69. The molecule has 4 aromatic rings. The summed E-state index contributed by atoms with van der Waals surface area (Å²) < 4.78 is 30.2. The second kappa shape index (κ2) is 6.90. The van der Waals surface area contributed by atoms with E-state index in [0.717, 1.165) is 55.4 Å². The first-order chi connectivity index (χ1) is 13.2. The van der Waals surface area contributed by atoms with E-state index in [1.165, 1.54) is 0 Å². The Morgan fingerprint density at radius 3 is 2.38 bits per heavy atom. The van der Waals surface area contributed by atoms with Gasteiger partial charge < -0.3 is 36.1 Å². The van der Waals surface area contributed by atoms with Crippen LogP contribution in [0.3, 0.4) is 0 Å². The van der Waals surface area contributed by atoms with Crippen molar-refractivity contribution < 1.29 is 40.7 Å². The van der Waals surface area contributed by atoms with Crippen LogP contribution in [0.15, 0.2) is 36.5 Å². The molecule has 2 aliphatic heterocycles. The summed E-state index contributed by atoms with van der Waals surface area (Å²) in [6, 6.07) is 10.2. The third kappa shape index (κ3) is 2.59. The molecule has 0 bridgehead atoms. The Hall–Kier alpha value is -2.83. The van der Waals surface area contributed by atoms with Gasteiger partial charge in [0.25, 0.3) is 0 Å². The summed E-state index contributed by atoms with van der Waals surface area (Å²) in [6.45, 7) is 0.483. The molecule has 0 N–H and O–H groups in total. The van der Waals surface area contributed by atoms with Crippen molar-refractivity contribution in [2.75, 3.05) is 20.7 Å². The topological polar surface area (TPSA) is 50.0 Å². The quantitative estimate of drug-likeness (QED) is 0.329. The maximum absolute atomic E-state index is 5.74. The highest BCUT2D eigenvalue weighted by atomic mass is 35.5. The fraction of sp³-hybridized carbons (Fsp3) is 0.190. The lowest BCUT2D eigenvalue weighted by Crippen LogP contribution is -3.00. The van der Waals surface area contributed by atoms with E-state index in [1.807, 2.05) is 25.2 Å². The van der Waals surface area contributed by atoms with Gasteiger partial charge in [-0.3, -0.25) is 0 Å². The highest BCUT2D eigenvalue weighted by Crippen LogP contribution is 2.47. The van der Waals surface area contributed by atoms with Crippen LogP contribution < -0.4 is 40.7 Å². The molecule has 3 aromatic carbocycles. The van der Waals surface area contributed by atoms with Gasteiger partial charge in [0, 0.05) is 11.5 Å². The summed E-state index contributed by atoms with van der Waals surface area (Å²) in [7, 11) is 3.71. The molecule has 0 unspecified atom stereocenters. The van der Waals surface area contributed by atoms with Crippen molar-refractivity contribution in [3.63, 3.8) is 0 Å². The number of rotatable bonds is 1. The number of ether oxygens (including phenoxy) is 5. The van der Waals surface area contributed by atoms with E-state index in [1.54, 1.807) is 7.11 Å². The lowest BCUT2D eigenvalue weighted by atomic mass is 9.99. The van der Waals surface area contributed by atoms with E-state index < -0.39 is 0 Å². The van der Waals surface area contributed by atoms with Crippen molar-refractivity contribution >= 4 is 44.9 Å². The van der Waals surface area contributed by atoms with E-state index >= 15 is 0 Å². The van der Waals surface area contributed by atoms with Gasteiger partial charge in [-0.25, -0.2) is 0 Å². The van der Waals surface area contributed by atoms with Crippen molar-refractivity contribution in [1.29, 1.82) is 0 Å². The van der Waals surface area contributed by atoms with Gasteiger partial charge >= 0.3 is 0 Å². The second-order valence-electron chi connectivity index (χ2n) is 6.73. The van der Waals surface area contributed by atoms with Crippen LogP contribution in [0.4, 0.5) is 0 Å². The van der Waals surface area contributed by atoms with Gasteiger partial charge in [-0.2, -0.15) is 4.57 Å². The second-order valence-corrected chi connectivity index (χ2v) is 6.73. The van der Waals surface area contributed by atoms with E-state index in [4.69, 9.17) is 23.7 Å². The SMILES string of the molecule is COc1cc2c(c3c[n+](C)c4c5cc6c(cc5ccc4c13)OCO6)OCO2.Cl.[Cl-]. The summed E-state index contributed by atoms with van der Waals surface area (Å²) in [6.07, 6.45) is 2.07. The summed E-state index contributed by atoms with van der Waals surface area (Å²) in [5.74, 6) is 3.79. The summed E-state index contributed by atoms with van der Waals surface area (Å²) in [5, 5.41) is 5.25. The number of benzene rings is 3. The molecule has 0 saturated carbocycles. The van der Waals surface area contributed by atoms with Crippen LogP contribution in [-0.2, 0) is 7.05 Å². The molecule has 8 heteroatoms. The third-order valence-corrected chi connectivity index (χ3v) is 5.31. The van der Waals surface area contributed by atoms with E-state index in [9.17, 15) is 0 Å². The number of pyridine rings is 1. The van der Waals surface area contributed by atoms with Crippen LogP contribution in [0.1, 0.15) is 0 Å². The highest BCUT2D eigenvalue weighted by molar-refractivity contribution is 6.17. The number of hydrogen-bond donors (Lipinski definition) is 0. The van der Waals surface area contributed by atoms with Gasteiger partial charge in [0.15, 0.2) is 29.2 Å². The van der Waals surface area contributed by atoms with Gasteiger partial charge in [0.1, 0.15) is 12.8 Å². The Labute approximate surface area is 178 Å². The van der Waals surface area contributed by atoms with Gasteiger partial charge in [0.2, 0.25) is 19.1 Å². The molecule has 29 heavy (non-hydrogen) atoms. The lowest BCUT2D eigenvalue weighted by molar-refractivity contribution is -0.642. The zero-order valence-corrected chi connectivity index (χ0v) is 17.2. The molecule has 0 radical (unpaired) electrons. The fourth-order valence-electron chi connectivity index (χ4n) is 4.14. The minimum Gasteiger partial charge on any atom is -1.00 e. The largest absolute Gasteiger partial charge is 1.00 e. The fourth-order valence-corrected chi connectivity index (χ4v) is 4.14. The van der Waals surface area contributed by atoms with Gasteiger partial charge in [-0.1, -0.05) is 6.07 Å². The van der Waals surface area contributed by atoms with E-state index in [2.05, 4.69) is 22.9 Å². The molecule has 6 rings (SSSR count). The van der Waals surface area contributed by atoms with Crippen LogP contribution in [0.2, 0.25) is 0 Å². The van der Waals surface area contributed by atoms with Crippen LogP contribution in [0, 0.1) is 0 Å². The lowest BCUT2D eigenvalue weighted by Gasteiger charge is -2.11. The molecule has 1 aromatic heterocycles. The third-order valence-electron chi connectivity index (χ3n) is 5.31. The van der Waals surface area contributed by atoms with Crippen molar-refractivity contribution in [2.24, 2.45) is 7.05 Å². The van der Waals surface area contributed by atoms with Crippen molar-refractivity contribution in [3.05, 3.63) is 36.5 Å². The minimum atomic E-state index is 0. The Bertz CT molecular complexity index is 1290. The van der Waals surface area contributed by atoms with E-state index in [-0.39, 0.29) is 38.4 Å². The average Bonchev–Trinajstić information content (AvgIpc) is 3.33. The predicted molar refractivity (Wildman–Crippen MR) is 106 cm³/mol. The van der Waals surface area contributed by atoms with Crippen LogP contribution in [0.5, 0.6) is 28.7 Å². The predicted octanol–water partition coefficient (Wildman–Crippen LogP) is 0.863. The number of fused-ring (bicyclic) bond motifs is 8. The van der Waals surface area contributed by atoms with Crippen molar-refractivity contribution in [1.82, 2.24) is 0 Å². The Kier molecular flexibility index (Phi) is 4.63. The highest BCUT2D eigenvalue weighted by Gasteiger charge is 2.27. The first kappa shape index (κ1) is 19.5. The summed E-state index contributed by atoms with van der Waals surface area (Å²) in [4.78, 5) is 0. The average molecular weight is 434 g/mol. The zero-order chi connectivity index (χ0) is 18.1. The van der Waals surface area contributed by atoms with Gasteiger partial charge in [-0.05, 0) is 23.6 Å². The number of aryl methyl sites for hydroxylation is 1. The molecule has 2 aliphatic rings. The molecule has 0 aliphatic carbocycles. The Morgan fingerprint density at radius 1 is 0.862 bits per heavy atom. The molecule has 0 amide bonds. The Balaban J connectivity index is 0.00000102. The van der Waals surface area contributed by atoms with Gasteiger partial charge in [0.05, 0.1) is 23.3 Å². The smallest absolute Gasteiger partial charge is 0.231 e. The standard InChI is InChI=1S/C21H16NO5.2ClH/c1-22-8-14-19(17(23-2)7-18-21(14)27-10-26-18)12-4-3-11-5-15-16(25-9-24-15)6-13(11)20(12)22;;/h3-8H,9-10H2,1-2H3;2*1H/q+1;;/p-1. The molecule has 150 valence electrons. The van der Waals surface area contributed by atoms with E-state index in [0.29, 0.717) is 5.75 Å². The molecule has 0 atom stereocenters. The first-order valence-electron chi connectivity index (χ1n) is 8.69. The van der Waals surface area contributed by atoms with Crippen LogP contribution in [0.25, 0.3) is 32.4 Å². The van der Waals surface area contributed by atoms with Crippen molar-refractivity contribution in [2.45, 2.75) is 0 Å². The molecule has 6 nitrogen and oxygen atoms in total. The minimum absolute atomic E-state index is 0. The molecule has 0 spiro atoms. The normalized spacial score (nSPS) is 13.4. The monoisotopic (exact) mass is 433 g/mol. The maximum atomic E-state index is 5.74. The van der Waals surface area contributed by atoms with Gasteiger partial charge in [-0.15, -0.1) is 12.4 Å². The van der Waals surface area contributed by atoms with Crippen molar-refractivity contribution in [3.8, 4) is 28.7 Å². The molecule has 0 fully saturated rings. The Morgan fingerprint density at radius 2 is 1.59 bits per heavy atom. The number of methoxy groups -OCH3 is 1.